The van der Waals surface area contributed by atoms with Crippen LogP contribution >= 0.6 is 11.6 Å². The second-order valence-corrected chi connectivity index (χ2v) is 8.12. The summed E-state index contributed by atoms with van der Waals surface area (Å²) in [4.78, 5) is 11.0. The van der Waals surface area contributed by atoms with Crippen LogP contribution in [-0.2, 0) is 4.74 Å². The highest BCUT2D eigenvalue weighted by molar-refractivity contribution is 6.31. The molecule has 29 heavy (non-hydrogen) atoms. The van der Waals surface area contributed by atoms with E-state index in [1.807, 2.05) is 12.1 Å². The molecule has 7 nitrogen and oxygen atoms in total. The van der Waals surface area contributed by atoms with E-state index in [9.17, 15) is 0 Å². The molecule has 1 saturated carbocycles. The summed E-state index contributed by atoms with van der Waals surface area (Å²) in [5, 5.41) is 3.65. The van der Waals surface area contributed by atoms with Gasteiger partial charge in [-0.3, -0.25) is 0 Å². The zero-order chi connectivity index (χ0) is 20.1. The third-order valence-electron chi connectivity index (χ3n) is 5.56. The van der Waals surface area contributed by atoms with Gasteiger partial charge in [-0.25, -0.2) is 4.98 Å². The molecule has 156 valence electrons. The average molecular weight is 418 g/mol. The van der Waals surface area contributed by atoms with E-state index in [4.69, 9.17) is 26.8 Å². The standard InChI is InChI=1S/C21H28ClN5O2/c22-19-13-24-21(26-20(19)29-14-15-1-3-16(23)4-2-15)25-17-5-7-18(8-6-17)27-9-11-28-12-10-27/h5-8,13,15-16H,1-4,9-12,14,23H2,(H,24,25,26). The lowest BCUT2D eigenvalue weighted by atomic mass is 9.87. The zero-order valence-electron chi connectivity index (χ0n) is 16.5. The minimum Gasteiger partial charge on any atom is -0.476 e. The highest BCUT2D eigenvalue weighted by Gasteiger charge is 2.20. The van der Waals surface area contributed by atoms with Crippen LogP contribution in [0.15, 0.2) is 30.5 Å². The number of morpholine rings is 1. The first-order chi connectivity index (χ1) is 14.2. The highest BCUT2D eigenvalue weighted by Crippen LogP contribution is 2.28. The summed E-state index contributed by atoms with van der Waals surface area (Å²) in [6, 6.07) is 8.56. The predicted molar refractivity (Wildman–Crippen MR) is 115 cm³/mol. The molecule has 4 rings (SSSR count). The van der Waals surface area contributed by atoms with Gasteiger partial charge in [0.05, 0.1) is 26.0 Å². The topological polar surface area (TPSA) is 85.5 Å². The molecule has 0 bridgehead atoms. The lowest BCUT2D eigenvalue weighted by molar-refractivity contribution is 0.122. The lowest BCUT2D eigenvalue weighted by Crippen LogP contribution is -2.36. The van der Waals surface area contributed by atoms with Crippen molar-refractivity contribution in [3.63, 3.8) is 0 Å². The maximum atomic E-state index is 6.23. The molecule has 2 heterocycles. The Hall–Kier alpha value is -2.09. The number of ether oxygens (including phenoxy) is 2. The fourth-order valence-electron chi connectivity index (χ4n) is 3.77. The molecule has 0 radical (unpaired) electrons. The van der Waals surface area contributed by atoms with Crippen LogP contribution in [0.5, 0.6) is 5.88 Å². The Bertz CT molecular complexity index is 790. The number of hydrogen-bond donors (Lipinski definition) is 2. The molecule has 8 heteroatoms. The number of nitrogens with two attached hydrogens (primary N) is 1. The Morgan fingerprint density at radius 3 is 2.59 bits per heavy atom. The third kappa shape index (κ3) is 5.50. The van der Waals surface area contributed by atoms with Gasteiger partial charge in [0.1, 0.15) is 5.02 Å². The van der Waals surface area contributed by atoms with E-state index in [1.54, 1.807) is 6.20 Å². The summed E-state index contributed by atoms with van der Waals surface area (Å²) < 4.78 is 11.3. The molecule has 2 fully saturated rings. The smallest absolute Gasteiger partial charge is 0.237 e. The van der Waals surface area contributed by atoms with Crippen LogP contribution in [0.4, 0.5) is 17.3 Å². The van der Waals surface area contributed by atoms with Crippen molar-refractivity contribution in [3.8, 4) is 5.88 Å². The molecular weight excluding hydrogens is 390 g/mol. The van der Waals surface area contributed by atoms with Crippen molar-refractivity contribution in [1.29, 1.82) is 0 Å². The Morgan fingerprint density at radius 2 is 1.86 bits per heavy atom. The number of nitrogens with zero attached hydrogens (tertiary/aromatic N) is 3. The fourth-order valence-corrected chi connectivity index (χ4v) is 3.92. The van der Waals surface area contributed by atoms with E-state index in [2.05, 4.69) is 32.3 Å². The van der Waals surface area contributed by atoms with E-state index in [0.29, 0.717) is 35.4 Å². The number of nitrogens with one attached hydrogen (secondary N) is 1. The van der Waals surface area contributed by atoms with Gasteiger partial charge in [-0.1, -0.05) is 11.6 Å². The van der Waals surface area contributed by atoms with Gasteiger partial charge in [-0.05, 0) is 55.9 Å². The molecule has 3 N–H and O–H groups in total. The highest BCUT2D eigenvalue weighted by atomic mass is 35.5. The van der Waals surface area contributed by atoms with Crippen LogP contribution in [0.25, 0.3) is 0 Å². The van der Waals surface area contributed by atoms with Crippen molar-refractivity contribution in [1.82, 2.24) is 9.97 Å². The number of hydrogen-bond acceptors (Lipinski definition) is 7. The van der Waals surface area contributed by atoms with Gasteiger partial charge in [-0.15, -0.1) is 0 Å². The van der Waals surface area contributed by atoms with Crippen molar-refractivity contribution >= 4 is 28.9 Å². The number of rotatable bonds is 6. The van der Waals surface area contributed by atoms with E-state index in [0.717, 1.165) is 57.7 Å². The number of halogens is 1. The molecule has 1 saturated heterocycles. The normalized spacial score (nSPS) is 22.3. The largest absolute Gasteiger partial charge is 0.476 e. The minimum absolute atomic E-state index is 0.333. The van der Waals surface area contributed by atoms with Crippen LogP contribution in [0.2, 0.25) is 5.02 Å². The average Bonchev–Trinajstić information content (AvgIpc) is 2.76. The molecule has 1 aromatic heterocycles. The fraction of sp³-hybridized carbons (Fsp3) is 0.524. The maximum absolute atomic E-state index is 6.23. The SMILES string of the molecule is NC1CCC(COc2nc(Nc3ccc(N4CCOCC4)cc3)ncc2Cl)CC1. The van der Waals surface area contributed by atoms with Crippen LogP contribution in [0.1, 0.15) is 25.7 Å². The molecule has 1 aliphatic heterocycles. The molecule has 2 aliphatic rings. The van der Waals surface area contributed by atoms with Crippen LogP contribution in [0.3, 0.4) is 0 Å². The van der Waals surface area contributed by atoms with Crippen molar-refractivity contribution in [3.05, 3.63) is 35.5 Å². The Labute approximate surface area is 176 Å². The summed E-state index contributed by atoms with van der Waals surface area (Å²) in [6.45, 7) is 3.99. The summed E-state index contributed by atoms with van der Waals surface area (Å²) >= 11 is 6.23. The molecule has 1 aromatic carbocycles. The van der Waals surface area contributed by atoms with E-state index < -0.39 is 0 Å². The number of anilines is 3. The van der Waals surface area contributed by atoms with Crippen molar-refractivity contribution in [2.75, 3.05) is 43.1 Å². The minimum atomic E-state index is 0.333. The molecule has 0 atom stereocenters. The Morgan fingerprint density at radius 1 is 1.14 bits per heavy atom. The van der Waals surface area contributed by atoms with Gasteiger partial charge >= 0.3 is 0 Å². The molecule has 0 unspecified atom stereocenters. The summed E-state index contributed by atoms with van der Waals surface area (Å²) in [6.07, 6.45) is 5.86. The van der Waals surface area contributed by atoms with E-state index >= 15 is 0 Å². The van der Waals surface area contributed by atoms with Gasteiger partial charge in [0, 0.05) is 30.5 Å². The summed E-state index contributed by atoms with van der Waals surface area (Å²) in [5.74, 6) is 1.39. The van der Waals surface area contributed by atoms with Crippen molar-refractivity contribution in [2.24, 2.45) is 11.7 Å². The number of benzene rings is 1. The van der Waals surface area contributed by atoms with Crippen LogP contribution in [-0.4, -0.2) is 48.9 Å². The first-order valence-corrected chi connectivity index (χ1v) is 10.7. The van der Waals surface area contributed by atoms with Gasteiger partial charge < -0.3 is 25.4 Å². The Balaban J connectivity index is 1.35. The van der Waals surface area contributed by atoms with Gasteiger partial charge in [0.2, 0.25) is 11.8 Å². The van der Waals surface area contributed by atoms with Gasteiger partial charge in [0.15, 0.2) is 0 Å². The van der Waals surface area contributed by atoms with Crippen molar-refractivity contribution in [2.45, 2.75) is 31.7 Å². The quantitative estimate of drug-likeness (QED) is 0.742. The molecule has 0 amide bonds. The predicted octanol–water partition coefficient (Wildman–Crippen LogP) is 3.61. The summed E-state index contributed by atoms with van der Waals surface area (Å²) in [5.41, 5.74) is 8.07. The van der Waals surface area contributed by atoms with E-state index in [1.165, 1.54) is 5.69 Å². The molecule has 2 aromatic rings. The van der Waals surface area contributed by atoms with Crippen LogP contribution < -0.4 is 20.7 Å². The lowest BCUT2D eigenvalue weighted by Gasteiger charge is -2.28. The van der Waals surface area contributed by atoms with Crippen molar-refractivity contribution < 1.29 is 9.47 Å². The second-order valence-electron chi connectivity index (χ2n) is 7.71. The Kier molecular flexibility index (Phi) is 6.69. The number of aromatic nitrogens is 2. The second kappa shape index (κ2) is 9.61. The first-order valence-electron chi connectivity index (χ1n) is 10.3. The zero-order valence-corrected chi connectivity index (χ0v) is 17.3. The third-order valence-corrected chi connectivity index (χ3v) is 5.82. The van der Waals surface area contributed by atoms with E-state index in [-0.39, 0.29) is 0 Å². The molecule has 1 aliphatic carbocycles. The maximum Gasteiger partial charge on any atom is 0.237 e. The first kappa shape index (κ1) is 20.2. The summed E-state index contributed by atoms with van der Waals surface area (Å²) in [7, 11) is 0. The van der Waals surface area contributed by atoms with Crippen LogP contribution in [0, 0.1) is 5.92 Å². The molecular formula is C21H28ClN5O2. The van der Waals surface area contributed by atoms with Gasteiger partial charge in [-0.2, -0.15) is 4.98 Å². The van der Waals surface area contributed by atoms with Gasteiger partial charge in [0.25, 0.3) is 0 Å². The monoisotopic (exact) mass is 417 g/mol. The molecule has 0 spiro atoms.